The number of nitrogens with one attached hydrogen (secondary N) is 2. The van der Waals surface area contributed by atoms with Gasteiger partial charge in [-0.3, -0.25) is 0 Å². The summed E-state index contributed by atoms with van der Waals surface area (Å²) in [4.78, 5) is 4.57. The molecule has 0 spiro atoms. The minimum absolute atomic E-state index is 0.0939. The summed E-state index contributed by atoms with van der Waals surface area (Å²) in [5.74, 6) is 0. The van der Waals surface area contributed by atoms with Crippen molar-refractivity contribution in [3.05, 3.63) is 41.4 Å². The predicted octanol–water partition coefficient (Wildman–Crippen LogP) is 2.72. The van der Waals surface area contributed by atoms with Crippen LogP contribution in [0, 0.1) is 0 Å². The Morgan fingerprint density at radius 3 is 2.65 bits per heavy atom. The number of nitrogens with zero attached hydrogens (tertiary/aromatic N) is 1. The van der Waals surface area contributed by atoms with Crippen LogP contribution in [0.5, 0.6) is 0 Å². The number of aromatic nitrogens is 1. The Morgan fingerprint density at radius 2 is 1.91 bits per heavy atom. The summed E-state index contributed by atoms with van der Waals surface area (Å²) in [6, 6.07) is 10.1. The molecule has 1 fully saturated rings. The van der Waals surface area contributed by atoms with Gasteiger partial charge in [0, 0.05) is 30.0 Å². The molecule has 0 aliphatic heterocycles. The summed E-state index contributed by atoms with van der Waals surface area (Å²) in [7, 11) is -3.40. The third kappa shape index (κ3) is 4.84. The van der Waals surface area contributed by atoms with Gasteiger partial charge < -0.3 is 0 Å². The van der Waals surface area contributed by atoms with Gasteiger partial charge in [-0.1, -0.05) is 43.2 Å². The molecule has 5 nitrogen and oxygen atoms in total. The first-order valence-corrected chi connectivity index (χ1v) is 10.3. The second kappa shape index (κ2) is 7.53. The van der Waals surface area contributed by atoms with E-state index in [1.165, 1.54) is 0 Å². The van der Waals surface area contributed by atoms with E-state index in [9.17, 15) is 8.42 Å². The number of benzene rings is 1. The van der Waals surface area contributed by atoms with Gasteiger partial charge in [-0.15, -0.1) is 11.3 Å². The molecule has 1 saturated carbocycles. The molecular weight excluding hydrogens is 330 g/mol. The Bertz CT molecular complexity index is 723. The lowest BCUT2D eigenvalue weighted by Gasteiger charge is -2.12. The van der Waals surface area contributed by atoms with Crippen LogP contribution in [0.1, 0.15) is 31.4 Å². The summed E-state index contributed by atoms with van der Waals surface area (Å²) >= 11 is 1.58. The maximum absolute atomic E-state index is 12.0. The van der Waals surface area contributed by atoms with Gasteiger partial charge in [-0.05, 0) is 12.8 Å². The van der Waals surface area contributed by atoms with Crippen LogP contribution < -0.4 is 9.44 Å². The van der Waals surface area contributed by atoms with Gasteiger partial charge in [0.1, 0.15) is 5.01 Å². The fourth-order valence-electron chi connectivity index (χ4n) is 2.75. The third-order valence-electron chi connectivity index (χ3n) is 3.92. The van der Waals surface area contributed by atoms with Crippen molar-refractivity contribution in [2.24, 2.45) is 0 Å². The molecule has 1 heterocycles. The SMILES string of the molecule is O=S(=O)(NCCc1csc(-c2ccccc2)n1)NC1CCCC1. The van der Waals surface area contributed by atoms with Crippen LogP contribution in [-0.2, 0) is 16.6 Å². The van der Waals surface area contributed by atoms with Crippen LogP contribution in [0.4, 0.5) is 0 Å². The molecule has 0 radical (unpaired) electrons. The Hall–Kier alpha value is -1.28. The smallest absolute Gasteiger partial charge is 0.241 e. The van der Waals surface area contributed by atoms with Crippen molar-refractivity contribution in [2.45, 2.75) is 38.1 Å². The predicted molar refractivity (Wildman–Crippen MR) is 93.6 cm³/mol. The average molecular weight is 351 g/mol. The summed E-state index contributed by atoms with van der Waals surface area (Å²) in [6.07, 6.45) is 4.68. The first-order valence-electron chi connectivity index (χ1n) is 7.89. The number of hydrogen-bond acceptors (Lipinski definition) is 4. The summed E-state index contributed by atoms with van der Waals surface area (Å²) in [5.41, 5.74) is 2.00. The zero-order valence-electron chi connectivity index (χ0n) is 12.9. The lowest BCUT2D eigenvalue weighted by molar-refractivity contribution is 0.539. The van der Waals surface area contributed by atoms with E-state index in [0.717, 1.165) is 41.9 Å². The van der Waals surface area contributed by atoms with Crippen LogP contribution in [0.25, 0.3) is 10.6 Å². The van der Waals surface area contributed by atoms with Gasteiger partial charge in [0.05, 0.1) is 5.69 Å². The Kier molecular flexibility index (Phi) is 5.42. The largest absolute Gasteiger partial charge is 0.277 e. The van der Waals surface area contributed by atoms with Crippen molar-refractivity contribution < 1.29 is 8.42 Å². The second-order valence-electron chi connectivity index (χ2n) is 5.76. The molecule has 0 saturated heterocycles. The highest BCUT2D eigenvalue weighted by atomic mass is 32.2. The molecule has 2 aromatic rings. The third-order valence-corrected chi connectivity index (χ3v) is 6.09. The molecular formula is C16H21N3O2S2. The lowest BCUT2D eigenvalue weighted by atomic mass is 10.2. The Balaban J connectivity index is 1.50. The quantitative estimate of drug-likeness (QED) is 0.806. The van der Waals surface area contributed by atoms with Gasteiger partial charge in [0.25, 0.3) is 10.2 Å². The van der Waals surface area contributed by atoms with Crippen LogP contribution in [0.3, 0.4) is 0 Å². The molecule has 1 aliphatic carbocycles. The first kappa shape index (κ1) is 16.6. The van der Waals surface area contributed by atoms with Crippen LogP contribution in [0.15, 0.2) is 35.7 Å². The maximum Gasteiger partial charge on any atom is 0.277 e. The molecule has 1 aromatic carbocycles. The van der Waals surface area contributed by atoms with Crippen LogP contribution in [-0.4, -0.2) is 26.0 Å². The highest BCUT2D eigenvalue weighted by Crippen LogP contribution is 2.23. The fraction of sp³-hybridized carbons (Fsp3) is 0.438. The molecule has 0 atom stereocenters. The van der Waals surface area contributed by atoms with E-state index < -0.39 is 10.2 Å². The van der Waals surface area contributed by atoms with E-state index in [1.807, 2.05) is 35.7 Å². The molecule has 0 amide bonds. The summed E-state index contributed by atoms with van der Waals surface area (Å²) < 4.78 is 29.3. The van der Waals surface area contributed by atoms with E-state index in [2.05, 4.69) is 14.4 Å². The van der Waals surface area contributed by atoms with E-state index >= 15 is 0 Å². The Morgan fingerprint density at radius 1 is 1.17 bits per heavy atom. The zero-order chi connectivity index (χ0) is 16.1. The molecule has 0 bridgehead atoms. The van der Waals surface area contributed by atoms with Gasteiger partial charge >= 0.3 is 0 Å². The van der Waals surface area contributed by atoms with Crippen molar-refractivity contribution in [1.29, 1.82) is 0 Å². The van der Waals surface area contributed by atoms with Gasteiger partial charge in [0.15, 0.2) is 0 Å². The van der Waals surface area contributed by atoms with Crippen LogP contribution >= 0.6 is 11.3 Å². The van der Waals surface area contributed by atoms with Gasteiger partial charge in [-0.25, -0.2) is 9.71 Å². The normalized spacial score (nSPS) is 16.0. The zero-order valence-corrected chi connectivity index (χ0v) is 14.5. The Labute approximate surface area is 141 Å². The molecule has 3 rings (SSSR count). The van der Waals surface area contributed by atoms with E-state index in [0.29, 0.717) is 13.0 Å². The standard InChI is InChI=1S/C16H21N3O2S2/c20-23(21,19-14-8-4-5-9-14)17-11-10-15-12-22-16(18-15)13-6-2-1-3-7-13/h1-3,6-7,12,14,17,19H,4-5,8-11H2. The van der Waals surface area contributed by atoms with Crippen molar-refractivity contribution >= 4 is 21.5 Å². The van der Waals surface area contributed by atoms with E-state index in [-0.39, 0.29) is 6.04 Å². The molecule has 0 unspecified atom stereocenters. The van der Waals surface area contributed by atoms with Crippen molar-refractivity contribution in [3.63, 3.8) is 0 Å². The molecule has 7 heteroatoms. The maximum atomic E-state index is 12.0. The van der Waals surface area contributed by atoms with Crippen molar-refractivity contribution in [3.8, 4) is 10.6 Å². The molecule has 1 aliphatic rings. The molecule has 124 valence electrons. The summed E-state index contributed by atoms with van der Waals surface area (Å²) in [6.45, 7) is 0.361. The number of thiazole rings is 1. The average Bonchev–Trinajstić information content (AvgIpc) is 3.19. The highest BCUT2D eigenvalue weighted by molar-refractivity contribution is 7.87. The van der Waals surface area contributed by atoms with E-state index in [4.69, 9.17) is 0 Å². The number of rotatable bonds is 7. The molecule has 2 N–H and O–H groups in total. The lowest BCUT2D eigenvalue weighted by Crippen LogP contribution is -2.42. The summed E-state index contributed by atoms with van der Waals surface area (Å²) in [5, 5.41) is 2.95. The first-order chi connectivity index (χ1) is 11.1. The second-order valence-corrected chi connectivity index (χ2v) is 8.15. The highest BCUT2D eigenvalue weighted by Gasteiger charge is 2.20. The van der Waals surface area contributed by atoms with E-state index in [1.54, 1.807) is 11.3 Å². The van der Waals surface area contributed by atoms with Crippen LogP contribution in [0.2, 0.25) is 0 Å². The minimum Gasteiger partial charge on any atom is -0.241 e. The van der Waals surface area contributed by atoms with Crippen molar-refractivity contribution in [1.82, 2.24) is 14.4 Å². The molecule has 23 heavy (non-hydrogen) atoms. The fourth-order valence-corrected chi connectivity index (χ4v) is 4.74. The topological polar surface area (TPSA) is 71.1 Å². The monoisotopic (exact) mass is 351 g/mol. The molecule has 1 aromatic heterocycles. The number of hydrogen-bond donors (Lipinski definition) is 2. The van der Waals surface area contributed by atoms with Gasteiger partial charge in [0.2, 0.25) is 0 Å². The van der Waals surface area contributed by atoms with Crippen molar-refractivity contribution in [2.75, 3.05) is 6.54 Å². The minimum atomic E-state index is -3.40. The van der Waals surface area contributed by atoms with Gasteiger partial charge in [-0.2, -0.15) is 13.1 Å².